The van der Waals surface area contributed by atoms with Gasteiger partial charge < -0.3 is 40.3 Å². The van der Waals surface area contributed by atoms with E-state index in [1.165, 1.54) is 0 Å². The van der Waals surface area contributed by atoms with E-state index in [4.69, 9.17) is 9.47 Å². The van der Waals surface area contributed by atoms with Gasteiger partial charge in [-0.25, -0.2) is 4.79 Å². The number of aliphatic hydroxyl groups is 2. The Morgan fingerprint density at radius 1 is 0.804 bits per heavy atom. The van der Waals surface area contributed by atoms with Gasteiger partial charge in [-0.15, -0.1) is 0 Å². The molecule has 0 spiro atoms. The molecule has 0 aromatic heterocycles. The molecule has 1 aliphatic heterocycles. The van der Waals surface area contributed by atoms with Crippen LogP contribution in [0.15, 0.2) is 127 Å². The largest absolute Gasteiger partial charge is 0.508 e. The Hall–Kier alpha value is -5.03. The molecular weight excluding hydrogens is 642 g/mol. The molecule has 6 rings (SSSR count). The van der Waals surface area contributed by atoms with Crippen LogP contribution in [0.25, 0.3) is 11.1 Å². The fourth-order valence-electron chi connectivity index (χ4n) is 6.38. The first-order valence-electron chi connectivity index (χ1n) is 17.2. The van der Waals surface area contributed by atoms with Crippen molar-refractivity contribution in [3.8, 4) is 16.9 Å². The van der Waals surface area contributed by atoms with Gasteiger partial charge in [-0.3, -0.25) is 0 Å². The number of aromatic hydroxyl groups is 1. The van der Waals surface area contributed by atoms with Crippen LogP contribution in [0.2, 0.25) is 0 Å². The number of likely N-dealkylation sites (N-methyl/N-ethyl adjacent to an activating group) is 1. The number of phenolic OH excluding ortho intramolecular Hbond substituents is 1. The van der Waals surface area contributed by atoms with Gasteiger partial charge in [-0.2, -0.15) is 0 Å². The van der Waals surface area contributed by atoms with Crippen LogP contribution in [0, 0.1) is 0 Å². The number of hydrogen-bond donors (Lipinski definition) is 5. The molecule has 0 radical (unpaired) electrons. The third-order valence-corrected chi connectivity index (χ3v) is 9.12. The molecule has 5 aromatic carbocycles. The SMILES string of the molecule is CN(C[C@@H]1C[C@H](c2ccc(CO)cc2)O[C@H](c2ccc(-c3ccccc3CNC(=O)NCc3ccccc3)cc2)O1)C[C@@H](O)c1cccc(O)c1. The van der Waals surface area contributed by atoms with Crippen molar-refractivity contribution in [2.24, 2.45) is 0 Å². The van der Waals surface area contributed by atoms with E-state index >= 15 is 0 Å². The zero-order valence-corrected chi connectivity index (χ0v) is 28.7. The van der Waals surface area contributed by atoms with Crippen LogP contribution in [-0.2, 0) is 29.2 Å². The van der Waals surface area contributed by atoms with Crippen molar-refractivity contribution in [3.05, 3.63) is 161 Å². The fraction of sp³-hybridized carbons (Fsp3) is 0.262. The van der Waals surface area contributed by atoms with Crippen LogP contribution in [0.4, 0.5) is 4.79 Å². The highest BCUT2D eigenvalue weighted by molar-refractivity contribution is 5.75. The minimum Gasteiger partial charge on any atom is -0.508 e. The van der Waals surface area contributed by atoms with Gasteiger partial charge in [0.15, 0.2) is 6.29 Å². The van der Waals surface area contributed by atoms with Crippen LogP contribution >= 0.6 is 0 Å². The smallest absolute Gasteiger partial charge is 0.315 e. The number of nitrogens with zero attached hydrogens (tertiary/aromatic N) is 1. The average Bonchev–Trinajstić information content (AvgIpc) is 3.16. The number of hydrogen-bond acceptors (Lipinski definition) is 7. The van der Waals surface area contributed by atoms with Gasteiger partial charge in [0.05, 0.1) is 24.9 Å². The summed E-state index contributed by atoms with van der Waals surface area (Å²) in [5, 5.41) is 36.2. The quantitative estimate of drug-likeness (QED) is 0.0927. The van der Waals surface area contributed by atoms with E-state index in [2.05, 4.69) is 10.6 Å². The second-order valence-electron chi connectivity index (χ2n) is 13.0. The second-order valence-corrected chi connectivity index (χ2v) is 13.0. The van der Waals surface area contributed by atoms with E-state index < -0.39 is 12.4 Å². The van der Waals surface area contributed by atoms with Crippen molar-refractivity contribution in [1.82, 2.24) is 15.5 Å². The third kappa shape index (κ3) is 9.82. The second kappa shape index (κ2) is 17.3. The van der Waals surface area contributed by atoms with Gasteiger partial charge in [0.25, 0.3) is 0 Å². The molecule has 0 aliphatic carbocycles. The predicted octanol–water partition coefficient (Wildman–Crippen LogP) is 6.76. The number of nitrogens with one attached hydrogen (secondary N) is 2. The van der Waals surface area contributed by atoms with Crippen LogP contribution in [0.1, 0.15) is 58.3 Å². The predicted molar refractivity (Wildman–Crippen MR) is 196 cm³/mol. The Labute approximate surface area is 299 Å². The van der Waals surface area contributed by atoms with E-state index in [9.17, 15) is 20.1 Å². The molecule has 264 valence electrons. The lowest BCUT2D eigenvalue weighted by molar-refractivity contribution is -0.252. The lowest BCUT2D eigenvalue weighted by Gasteiger charge is -2.38. The molecule has 1 fully saturated rings. The maximum absolute atomic E-state index is 12.6. The van der Waals surface area contributed by atoms with Crippen molar-refractivity contribution in [1.29, 1.82) is 0 Å². The van der Waals surface area contributed by atoms with E-state index in [1.807, 2.05) is 115 Å². The minimum atomic E-state index is -0.770. The summed E-state index contributed by atoms with van der Waals surface area (Å²) >= 11 is 0. The maximum atomic E-state index is 12.6. The van der Waals surface area contributed by atoms with Crippen LogP contribution in [0.5, 0.6) is 5.75 Å². The lowest BCUT2D eigenvalue weighted by Crippen LogP contribution is -2.39. The van der Waals surface area contributed by atoms with Gasteiger partial charge >= 0.3 is 6.03 Å². The summed E-state index contributed by atoms with van der Waals surface area (Å²) in [6.07, 6.45) is -1.24. The number of aliphatic hydroxyl groups excluding tert-OH is 2. The Bertz CT molecular complexity index is 1850. The standard InChI is InChI=1S/C42H45N3O6/c1-45(27-39(48)34-11-7-12-36(47)22-34)26-37-23-40(32-16-14-30(28-46)15-17-32)51-41(50-37)33-20-18-31(19-21-33)38-13-6-5-10-35(38)25-44-42(49)43-24-29-8-3-2-4-9-29/h2-22,37,39-41,46-48H,23-28H2,1H3,(H2,43,44,49)/t37-,39+,40+,41+/m0/s1. The molecule has 9 nitrogen and oxygen atoms in total. The Morgan fingerprint density at radius 2 is 1.51 bits per heavy atom. The molecule has 0 saturated carbocycles. The lowest BCUT2D eigenvalue weighted by atomic mass is 9.97. The first-order chi connectivity index (χ1) is 24.8. The molecule has 1 heterocycles. The number of carbonyl (C=O) groups excluding carboxylic acids is 1. The van der Waals surface area contributed by atoms with Crippen molar-refractivity contribution < 1.29 is 29.6 Å². The van der Waals surface area contributed by atoms with Gasteiger partial charge in [-0.05, 0) is 58.1 Å². The number of carbonyl (C=O) groups is 1. The first-order valence-corrected chi connectivity index (χ1v) is 17.2. The van der Waals surface area contributed by atoms with E-state index in [1.54, 1.807) is 24.3 Å². The molecule has 51 heavy (non-hydrogen) atoms. The summed E-state index contributed by atoms with van der Waals surface area (Å²) in [4.78, 5) is 14.6. The van der Waals surface area contributed by atoms with Crippen molar-refractivity contribution in [2.45, 2.75) is 50.7 Å². The number of rotatable bonds is 13. The molecule has 5 N–H and O–H groups in total. The number of urea groups is 1. The topological polar surface area (TPSA) is 124 Å². The van der Waals surface area contributed by atoms with Crippen LogP contribution in [0.3, 0.4) is 0 Å². The van der Waals surface area contributed by atoms with Crippen molar-refractivity contribution in [2.75, 3.05) is 20.1 Å². The van der Waals surface area contributed by atoms with Crippen molar-refractivity contribution in [3.63, 3.8) is 0 Å². The normalized spacial score (nSPS) is 17.9. The van der Waals surface area contributed by atoms with Gasteiger partial charge in [0, 0.05) is 38.2 Å². The van der Waals surface area contributed by atoms with Crippen molar-refractivity contribution >= 4 is 6.03 Å². The zero-order valence-electron chi connectivity index (χ0n) is 28.7. The van der Waals surface area contributed by atoms with Gasteiger partial charge in [-0.1, -0.05) is 115 Å². The highest BCUT2D eigenvalue weighted by atomic mass is 16.7. The molecule has 0 bridgehead atoms. The van der Waals surface area contributed by atoms with Crippen LogP contribution < -0.4 is 10.6 Å². The Morgan fingerprint density at radius 3 is 2.25 bits per heavy atom. The molecule has 4 atom stereocenters. The molecule has 0 unspecified atom stereocenters. The highest BCUT2D eigenvalue weighted by Gasteiger charge is 2.33. The Kier molecular flexibility index (Phi) is 12.1. The van der Waals surface area contributed by atoms with Crippen LogP contribution in [-0.4, -0.2) is 52.5 Å². The number of amides is 2. The third-order valence-electron chi connectivity index (χ3n) is 9.12. The summed E-state index contributed by atoms with van der Waals surface area (Å²) in [6.45, 7) is 1.72. The molecule has 1 saturated heterocycles. The molecular formula is C42H45N3O6. The average molecular weight is 688 g/mol. The van der Waals surface area contributed by atoms with E-state index in [0.29, 0.717) is 38.2 Å². The number of phenols is 1. The summed E-state index contributed by atoms with van der Waals surface area (Å²) in [5.41, 5.74) is 7.41. The molecule has 9 heteroatoms. The summed E-state index contributed by atoms with van der Waals surface area (Å²) < 4.78 is 13.1. The Balaban J connectivity index is 1.14. The van der Waals surface area contributed by atoms with Gasteiger partial charge in [0.1, 0.15) is 5.75 Å². The maximum Gasteiger partial charge on any atom is 0.315 e. The molecule has 5 aromatic rings. The van der Waals surface area contributed by atoms with E-state index in [0.717, 1.165) is 38.9 Å². The molecule has 2 amide bonds. The molecule has 1 aliphatic rings. The number of ether oxygens (including phenoxy) is 2. The summed E-state index contributed by atoms with van der Waals surface area (Å²) in [5.74, 6) is 0.118. The first kappa shape index (κ1) is 35.8. The monoisotopic (exact) mass is 687 g/mol. The summed E-state index contributed by atoms with van der Waals surface area (Å²) in [6, 6.07) is 40.2. The highest BCUT2D eigenvalue weighted by Crippen LogP contribution is 2.39. The van der Waals surface area contributed by atoms with Gasteiger partial charge in [0.2, 0.25) is 0 Å². The van der Waals surface area contributed by atoms with E-state index in [-0.39, 0.29) is 30.6 Å². The zero-order chi connectivity index (χ0) is 35.6. The minimum absolute atomic E-state index is 0.0283. The number of benzene rings is 5. The fourth-order valence-corrected chi connectivity index (χ4v) is 6.38. The summed E-state index contributed by atoms with van der Waals surface area (Å²) in [7, 11) is 1.94.